The van der Waals surface area contributed by atoms with Crippen molar-refractivity contribution >= 4 is 0 Å². The van der Waals surface area contributed by atoms with E-state index in [1.807, 2.05) is 32.3 Å². The lowest BCUT2D eigenvalue weighted by Crippen LogP contribution is -2.48. The van der Waals surface area contributed by atoms with Gasteiger partial charge in [0.25, 0.3) is 5.92 Å². The molecule has 2 aromatic rings. The van der Waals surface area contributed by atoms with Gasteiger partial charge >= 0.3 is 0 Å². The van der Waals surface area contributed by atoms with E-state index in [1.54, 1.807) is 17.1 Å². The maximum atomic E-state index is 14.3. The predicted molar refractivity (Wildman–Crippen MR) is 90.2 cm³/mol. The van der Waals surface area contributed by atoms with E-state index >= 15 is 0 Å². The van der Waals surface area contributed by atoms with Crippen molar-refractivity contribution in [3.63, 3.8) is 0 Å². The number of hydrogen-bond donors (Lipinski definition) is 0. The van der Waals surface area contributed by atoms with Crippen molar-refractivity contribution in [3.8, 4) is 0 Å². The van der Waals surface area contributed by atoms with Gasteiger partial charge in [-0.25, -0.2) is 8.78 Å². The standard InChI is InChI=1S/C18H24F2N4O/c1-14-16(9-23(2)22-14)10-24-7-5-18(19,20)17(11-24)13-25-12-15-4-3-6-21-8-15/h3-4,6,8-9,17H,5,7,10-13H2,1-2H3. The Morgan fingerprint density at radius 1 is 1.40 bits per heavy atom. The first kappa shape index (κ1) is 17.9. The fourth-order valence-electron chi connectivity index (χ4n) is 3.21. The van der Waals surface area contributed by atoms with Gasteiger partial charge in [0.1, 0.15) is 0 Å². The molecule has 5 nitrogen and oxygen atoms in total. The molecule has 7 heteroatoms. The summed E-state index contributed by atoms with van der Waals surface area (Å²) in [6.07, 6.45) is 5.19. The second-order valence-corrected chi connectivity index (χ2v) is 6.73. The molecule has 0 amide bonds. The Kier molecular flexibility index (Phi) is 5.44. The number of ether oxygens (including phenoxy) is 1. The summed E-state index contributed by atoms with van der Waals surface area (Å²) < 4.78 is 35.8. The molecule has 0 aliphatic carbocycles. The van der Waals surface area contributed by atoms with E-state index in [9.17, 15) is 8.78 Å². The number of halogens is 2. The summed E-state index contributed by atoms with van der Waals surface area (Å²) >= 11 is 0. The molecule has 0 saturated carbocycles. The van der Waals surface area contributed by atoms with E-state index in [0.717, 1.165) is 16.8 Å². The summed E-state index contributed by atoms with van der Waals surface area (Å²) in [5.41, 5.74) is 2.93. The molecule has 0 bridgehead atoms. The average Bonchev–Trinajstić information content (AvgIpc) is 2.89. The molecule has 3 heterocycles. The molecule has 1 aliphatic rings. The molecule has 1 aliphatic heterocycles. The van der Waals surface area contributed by atoms with Gasteiger partial charge in [0.05, 0.1) is 24.8 Å². The summed E-state index contributed by atoms with van der Waals surface area (Å²) in [6, 6.07) is 3.69. The van der Waals surface area contributed by atoms with Crippen molar-refractivity contribution in [3.05, 3.63) is 47.5 Å². The number of rotatable bonds is 6. The second kappa shape index (κ2) is 7.58. The van der Waals surface area contributed by atoms with Crippen LogP contribution in [0.4, 0.5) is 8.78 Å². The molecule has 1 atom stereocenters. The van der Waals surface area contributed by atoms with Crippen molar-refractivity contribution in [1.82, 2.24) is 19.7 Å². The largest absolute Gasteiger partial charge is 0.376 e. The van der Waals surface area contributed by atoms with Crippen LogP contribution in [-0.2, 0) is 24.9 Å². The van der Waals surface area contributed by atoms with Crippen LogP contribution >= 0.6 is 0 Å². The van der Waals surface area contributed by atoms with E-state index in [4.69, 9.17) is 4.74 Å². The van der Waals surface area contributed by atoms with Crippen LogP contribution in [0.3, 0.4) is 0 Å². The van der Waals surface area contributed by atoms with Crippen LogP contribution < -0.4 is 0 Å². The fourth-order valence-corrected chi connectivity index (χ4v) is 3.21. The highest BCUT2D eigenvalue weighted by atomic mass is 19.3. The smallest absolute Gasteiger partial charge is 0.255 e. The molecule has 3 rings (SSSR count). The van der Waals surface area contributed by atoms with Gasteiger partial charge in [0.2, 0.25) is 0 Å². The third-order valence-corrected chi connectivity index (χ3v) is 4.66. The van der Waals surface area contributed by atoms with Crippen molar-refractivity contribution in [1.29, 1.82) is 0 Å². The van der Waals surface area contributed by atoms with Gasteiger partial charge in [0.15, 0.2) is 0 Å². The van der Waals surface area contributed by atoms with Crippen molar-refractivity contribution in [2.75, 3.05) is 19.7 Å². The topological polar surface area (TPSA) is 43.2 Å². The van der Waals surface area contributed by atoms with Gasteiger partial charge in [-0.05, 0) is 18.6 Å². The molecule has 0 spiro atoms. The Morgan fingerprint density at radius 3 is 2.92 bits per heavy atom. The molecule has 136 valence electrons. The third kappa shape index (κ3) is 4.61. The van der Waals surface area contributed by atoms with E-state index < -0.39 is 11.8 Å². The van der Waals surface area contributed by atoms with Gasteiger partial charge in [-0.15, -0.1) is 0 Å². The number of hydrogen-bond acceptors (Lipinski definition) is 4. The normalized spacial score (nSPS) is 20.7. The van der Waals surface area contributed by atoms with E-state index in [-0.39, 0.29) is 13.0 Å². The van der Waals surface area contributed by atoms with Crippen LogP contribution in [0.15, 0.2) is 30.7 Å². The zero-order chi connectivity index (χ0) is 17.9. The zero-order valence-electron chi connectivity index (χ0n) is 14.7. The van der Waals surface area contributed by atoms with Gasteiger partial charge in [-0.3, -0.25) is 14.6 Å². The molecule has 0 N–H and O–H groups in total. The number of aromatic nitrogens is 3. The number of alkyl halides is 2. The van der Waals surface area contributed by atoms with E-state index in [2.05, 4.69) is 15.0 Å². The van der Waals surface area contributed by atoms with Gasteiger partial charge in [-0.1, -0.05) is 6.07 Å². The summed E-state index contributed by atoms with van der Waals surface area (Å²) in [7, 11) is 1.87. The van der Waals surface area contributed by atoms with Crippen LogP contribution in [-0.4, -0.2) is 45.3 Å². The average molecular weight is 350 g/mol. The number of nitrogens with zero attached hydrogens (tertiary/aromatic N) is 4. The highest BCUT2D eigenvalue weighted by Crippen LogP contribution is 2.34. The highest BCUT2D eigenvalue weighted by molar-refractivity contribution is 5.15. The molecule has 1 fully saturated rings. The fraction of sp³-hybridized carbons (Fsp3) is 0.556. The van der Waals surface area contributed by atoms with Crippen LogP contribution in [0.25, 0.3) is 0 Å². The first-order chi connectivity index (χ1) is 11.9. The summed E-state index contributed by atoms with van der Waals surface area (Å²) in [4.78, 5) is 6.07. The molecule has 25 heavy (non-hydrogen) atoms. The van der Waals surface area contributed by atoms with Crippen molar-refractivity contribution in [2.45, 2.75) is 32.4 Å². The quantitative estimate of drug-likeness (QED) is 0.804. The van der Waals surface area contributed by atoms with Crippen LogP contribution in [0.1, 0.15) is 23.2 Å². The molecule has 2 aromatic heterocycles. The summed E-state index contributed by atoms with van der Waals surface area (Å²) in [6.45, 7) is 3.67. The Balaban J connectivity index is 1.56. The maximum Gasteiger partial charge on any atom is 0.255 e. The van der Waals surface area contributed by atoms with Gasteiger partial charge in [-0.2, -0.15) is 5.10 Å². The molecule has 1 saturated heterocycles. The van der Waals surface area contributed by atoms with Crippen LogP contribution in [0, 0.1) is 12.8 Å². The molecular weight excluding hydrogens is 326 g/mol. The van der Waals surface area contributed by atoms with Crippen molar-refractivity contribution < 1.29 is 13.5 Å². The lowest BCUT2D eigenvalue weighted by atomic mass is 9.94. The Morgan fingerprint density at radius 2 is 2.24 bits per heavy atom. The highest BCUT2D eigenvalue weighted by Gasteiger charge is 2.44. The third-order valence-electron chi connectivity index (χ3n) is 4.66. The predicted octanol–water partition coefficient (Wildman–Crippen LogP) is 2.80. The number of aryl methyl sites for hydroxylation is 2. The number of piperidine rings is 1. The van der Waals surface area contributed by atoms with E-state index in [1.165, 1.54) is 0 Å². The van der Waals surface area contributed by atoms with E-state index in [0.29, 0.717) is 26.2 Å². The molecule has 1 unspecified atom stereocenters. The van der Waals surface area contributed by atoms with Crippen LogP contribution in [0.5, 0.6) is 0 Å². The Bertz CT molecular complexity index is 690. The monoisotopic (exact) mass is 350 g/mol. The number of pyridine rings is 1. The number of likely N-dealkylation sites (tertiary alicyclic amines) is 1. The van der Waals surface area contributed by atoms with Crippen LogP contribution in [0.2, 0.25) is 0 Å². The second-order valence-electron chi connectivity index (χ2n) is 6.73. The molecule has 0 radical (unpaired) electrons. The first-order valence-corrected chi connectivity index (χ1v) is 8.50. The lowest BCUT2D eigenvalue weighted by molar-refractivity contribution is -0.131. The Labute approximate surface area is 146 Å². The van der Waals surface area contributed by atoms with Crippen molar-refractivity contribution in [2.24, 2.45) is 13.0 Å². The first-order valence-electron chi connectivity index (χ1n) is 8.50. The summed E-state index contributed by atoms with van der Waals surface area (Å²) in [5.74, 6) is -3.48. The molecular formula is C18H24F2N4O. The van der Waals surface area contributed by atoms with Gasteiger partial charge < -0.3 is 4.74 Å². The zero-order valence-corrected chi connectivity index (χ0v) is 14.7. The minimum Gasteiger partial charge on any atom is -0.376 e. The lowest BCUT2D eigenvalue weighted by Gasteiger charge is -2.38. The van der Waals surface area contributed by atoms with Gasteiger partial charge in [0, 0.05) is 57.3 Å². The molecule has 0 aromatic carbocycles. The Hall–Kier alpha value is -1.86. The minimum absolute atomic E-state index is 0.0460. The SMILES string of the molecule is Cc1nn(C)cc1CN1CCC(F)(F)C(COCc2cccnc2)C1. The maximum absolute atomic E-state index is 14.3. The minimum atomic E-state index is -2.69. The summed E-state index contributed by atoms with van der Waals surface area (Å²) in [5, 5.41) is 4.32.